The van der Waals surface area contributed by atoms with Gasteiger partial charge < -0.3 is 15.2 Å². The predicted molar refractivity (Wildman–Crippen MR) is 73.9 cm³/mol. The van der Waals surface area contributed by atoms with E-state index in [2.05, 4.69) is 17.2 Å². The number of amides is 1. The maximum Gasteiger partial charge on any atom is 0.408 e. The van der Waals surface area contributed by atoms with Crippen molar-refractivity contribution in [3.63, 3.8) is 0 Å². The molecule has 1 unspecified atom stereocenters. The Morgan fingerprint density at radius 1 is 1.35 bits per heavy atom. The molecular formula is C15H17NO4. The summed E-state index contributed by atoms with van der Waals surface area (Å²) < 4.78 is 4.97. The van der Waals surface area contributed by atoms with Gasteiger partial charge in [0.1, 0.15) is 12.6 Å². The van der Waals surface area contributed by atoms with Gasteiger partial charge in [0, 0.05) is 6.42 Å². The van der Waals surface area contributed by atoms with Crippen LogP contribution in [-0.4, -0.2) is 23.2 Å². The highest BCUT2D eigenvalue weighted by atomic mass is 16.5. The third-order valence-electron chi connectivity index (χ3n) is 2.54. The van der Waals surface area contributed by atoms with Crippen molar-refractivity contribution in [1.82, 2.24) is 5.32 Å². The van der Waals surface area contributed by atoms with Crippen LogP contribution < -0.4 is 5.32 Å². The molecule has 2 N–H and O–H groups in total. The third-order valence-corrected chi connectivity index (χ3v) is 2.54. The van der Waals surface area contributed by atoms with E-state index in [1.165, 1.54) is 0 Å². The number of carboxylic acid groups (broad SMARTS) is 1. The lowest BCUT2D eigenvalue weighted by Gasteiger charge is -2.13. The Kier molecular flexibility index (Phi) is 6.69. The average Bonchev–Trinajstić information content (AvgIpc) is 2.45. The molecule has 0 fully saturated rings. The molecule has 0 saturated carbocycles. The summed E-state index contributed by atoms with van der Waals surface area (Å²) in [7, 11) is 0. The second-order valence-corrected chi connectivity index (χ2v) is 4.06. The lowest BCUT2D eigenvalue weighted by atomic mass is 10.1. The van der Waals surface area contributed by atoms with Gasteiger partial charge in [0.25, 0.3) is 0 Å². The van der Waals surface area contributed by atoms with E-state index in [-0.39, 0.29) is 13.0 Å². The van der Waals surface area contributed by atoms with Gasteiger partial charge in [0.15, 0.2) is 0 Å². The Labute approximate surface area is 117 Å². The van der Waals surface area contributed by atoms with Crippen LogP contribution in [0.25, 0.3) is 0 Å². The molecule has 106 valence electrons. The minimum Gasteiger partial charge on any atom is -0.480 e. The van der Waals surface area contributed by atoms with Crippen molar-refractivity contribution in [3.05, 3.63) is 35.9 Å². The number of carbonyl (C=O) groups excluding carboxylic acids is 1. The molecule has 0 saturated heterocycles. The average molecular weight is 275 g/mol. The van der Waals surface area contributed by atoms with E-state index in [0.717, 1.165) is 5.56 Å². The van der Waals surface area contributed by atoms with Crippen LogP contribution in [-0.2, 0) is 16.1 Å². The Balaban J connectivity index is 2.41. The minimum atomic E-state index is -1.10. The van der Waals surface area contributed by atoms with Crippen LogP contribution in [0.1, 0.15) is 25.3 Å². The molecule has 5 nitrogen and oxygen atoms in total. The molecule has 1 atom stereocenters. The fourth-order valence-corrected chi connectivity index (χ4v) is 1.51. The van der Waals surface area contributed by atoms with E-state index in [0.29, 0.717) is 6.42 Å². The number of nitrogens with one attached hydrogen (secondary N) is 1. The fourth-order valence-electron chi connectivity index (χ4n) is 1.51. The number of hydrogen-bond donors (Lipinski definition) is 2. The number of alkyl carbamates (subject to hydrolysis) is 1. The summed E-state index contributed by atoms with van der Waals surface area (Å²) in [4.78, 5) is 22.5. The van der Waals surface area contributed by atoms with Crippen molar-refractivity contribution in [2.45, 2.75) is 32.4 Å². The number of rotatable bonds is 6. The summed E-state index contributed by atoms with van der Waals surface area (Å²) in [5.41, 5.74) is 0.839. The van der Waals surface area contributed by atoms with E-state index < -0.39 is 18.1 Å². The molecule has 0 radical (unpaired) electrons. The molecule has 1 rings (SSSR count). The van der Waals surface area contributed by atoms with Crippen molar-refractivity contribution in [2.24, 2.45) is 0 Å². The first kappa shape index (κ1) is 15.6. The predicted octanol–water partition coefficient (Wildman–Crippen LogP) is 2.17. The fraction of sp³-hybridized carbons (Fsp3) is 0.333. The molecule has 0 aromatic heterocycles. The zero-order valence-corrected chi connectivity index (χ0v) is 11.3. The number of benzene rings is 1. The van der Waals surface area contributed by atoms with Crippen molar-refractivity contribution in [2.75, 3.05) is 0 Å². The Morgan fingerprint density at radius 2 is 2.05 bits per heavy atom. The van der Waals surface area contributed by atoms with Crippen LogP contribution >= 0.6 is 0 Å². The van der Waals surface area contributed by atoms with Gasteiger partial charge in [-0.15, -0.1) is 11.8 Å². The molecule has 0 bridgehead atoms. The van der Waals surface area contributed by atoms with Crippen LogP contribution in [0.15, 0.2) is 30.3 Å². The Morgan fingerprint density at radius 3 is 2.65 bits per heavy atom. The second-order valence-electron chi connectivity index (χ2n) is 4.06. The monoisotopic (exact) mass is 275 g/mol. The highest BCUT2D eigenvalue weighted by Gasteiger charge is 2.19. The molecule has 1 aromatic carbocycles. The largest absolute Gasteiger partial charge is 0.480 e. The van der Waals surface area contributed by atoms with Crippen LogP contribution in [0.5, 0.6) is 0 Å². The summed E-state index contributed by atoms with van der Waals surface area (Å²) >= 11 is 0. The number of carboxylic acids is 1. The first-order valence-electron chi connectivity index (χ1n) is 6.23. The van der Waals surface area contributed by atoms with Gasteiger partial charge in [-0.25, -0.2) is 9.59 Å². The molecule has 0 aliphatic carbocycles. The lowest BCUT2D eigenvalue weighted by molar-refractivity contribution is -0.139. The maximum atomic E-state index is 11.5. The number of ether oxygens (including phenoxy) is 1. The quantitative estimate of drug-likeness (QED) is 0.780. The first-order chi connectivity index (χ1) is 9.63. The number of carbonyl (C=O) groups is 2. The minimum absolute atomic E-state index is 0.105. The van der Waals surface area contributed by atoms with Gasteiger partial charge in [-0.1, -0.05) is 30.3 Å². The zero-order valence-electron chi connectivity index (χ0n) is 11.3. The van der Waals surface area contributed by atoms with Gasteiger partial charge >= 0.3 is 12.1 Å². The molecule has 0 aliphatic rings. The van der Waals surface area contributed by atoms with Crippen LogP contribution in [0.4, 0.5) is 4.79 Å². The van der Waals surface area contributed by atoms with E-state index in [4.69, 9.17) is 9.84 Å². The van der Waals surface area contributed by atoms with E-state index in [9.17, 15) is 9.59 Å². The summed E-state index contributed by atoms with van der Waals surface area (Å²) in [5.74, 6) is 4.34. The van der Waals surface area contributed by atoms with Gasteiger partial charge in [-0.3, -0.25) is 0 Å². The highest BCUT2D eigenvalue weighted by molar-refractivity contribution is 5.79. The third kappa shape index (κ3) is 5.91. The first-order valence-corrected chi connectivity index (χ1v) is 6.23. The molecule has 0 aliphatic heterocycles. The zero-order chi connectivity index (χ0) is 14.8. The molecule has 5 heteroatoms. The van der Waals surface area contributed by atoms with Crippen LogP contribution in [0.2, 0.25) is 0 Å². The van der Waals surface area contributed by atoms with Crippen molar-refractivity contribution < 1.29 is 19.4 Å². The maximum absolute atomic E-state index is 11.5. The second kappa shape index (κ2) is 8.59. The van der Waals surface area contributed by atoms with Gasteiger partial charge in [0.2, 0.25) is 0 Å². The van der Waals surface area contributed by atoms with Crippen LogP contribution in [0, 0.1) is 11.8 Å². The van der Waals surface area contributed by atoms with Gasteiger partial charge in [-0.2, -0.15) is 0 Å². The topological polar surface area (TPSA) is 75.6 Å². The van der Waals surface area contributed by atoms with E-state index in [1.807, 2.05) is 30.3 Å². The molecule has 20 heavy (non-hydrogen) atoms. The molecule has 0 heterocycles. The van der Waals surface area contributed by atoms with Gasteiger partial charge in [0.05, 0.1) is 0 Å². The standard InChI is InChI=1S/C15H17NO4/c1-2-3-5-10-13(14(17)18)16-15(19)20-11-12-8-6-4-7-9-12/h4,6-9,13H,5,10-11H2,1H3,(H,16,19)(H,17,18). The normalized spacial score (nSPS) is 10.8. The summed E-state index contributed by atoms with van der Waals surface area (Å²) in [5, 5.41) is 11.3. The summed E-state index contributed by atoms with van der Waals surface area (Å²) in [6.45, 7) is 1.78. The Bertz CT molecular complexity index is 502. The molecule has 0 spiro atoms. The SMILES string of the molecule is CC#CCCC(NC(=O)OCc1ccccc1)C(=O)O. The van der Waals surface area contributed by atoms with E-state index in [1.54, 1.807) is 6.92 Å². The van der Waals surface area contributed by atoms with Crippen molar-refractivity contribution in [3.8, 4) is 11.8 Å². The van der Waals surface area contributed by atoms with Crippen molar-refractivity contribution in [1.29, 1.82) is 0 Å². The summed E-state index contributed by atoms with van der Waals surface area (Å²) in [6, 6.07) is 8.18. The lowest BCUT2D eigenvalue weighted by Crippen LogP contribution is -2.40. The highest BCUT2D eigenvalue weighted by Crippen LogP contribution is 2.02. The van der Waals surface area contributed by atoms with Gasteiger partial charge in [-0.05, 0) is 18.9 Å². The molecule has 1 amide bonds. The van der Waals surface area contributed by atoms with E-state index >= 15 is 0 Å². The summed E-state index contributed by atoms with van der Waals surface area (Å²) in [6.07, 6.45) is -0.0889. The number of aliphatic carboxylic acids is 1. The smallest absolute Gasteiger partial charge is 0.408 e. The molecular weight excluding hydrogens is 258 g/mol. The van der Waals surface area contributed by atoms with Crippen LogP contribution in [0.3, 0.4) is 0 Å². The Hall–Kier alpha value is -2.48. The number of hydrogen-bond acceptors (Lipinski definition) is 3. The van der Waals surface area contributed by atoms with Crippen molar-refractivity contribution >= 4 is 12.1 Å². The molecule has 1 aromatic rings.